The third-order valence-corrected chi connectivity index (χ3v) is 6.18. The third kappa shape index (κ3) is 4.24. The summed E-state index contributed by atoms with van der Waals surface area (Å²) in [5.41, 5.74) is 0. The van der Waals surface area contributed by atoms with E-state index in [4.69, 9.17) is 4.74 Å². The Labute approximate surface area is 127 Å². The summed E-state index contributed by atoms with van der Waals surface area (Å²) in [7, 11) is 0. The standard InChI is InChI=1S/C14H26N2OS.ClH/c1-2-13(10-15-5-1)11-16-6-9-18-14(12-16)3-7-17-8-4-14;/h13,15H,1-12H2;1H. The third-order valence-electron chi connectivity index (χ3n) is 4.65. The van der Waals surface area contributed by atoms with Crippen LogP contribution in [0.4, 0.5) is 0 Å². The van der Waals surface area contributed by atoms with Gasteiger partial charge in [-0.05, 0) is 44.7 Å². The van der Waals surface area contributed by atoms with Crippen LogP contribution in [0.1, 0.15) is 25.7 Å². The Bertz CT molecular complexity index is 263. The van der Waals surface area contributed by atoms with Crippen LogP contribution in [0.5, 0.6) is 0 Å². The Morgan fingerprint density at radius 1 is 1.32 bits per heavy atom. The quantitative estimate of drug-likeness (QED) is 0.843. The van der Waals surface area contributed by atoms with Crippen LogP contribution in [0.2, 0.25) is 0 Å². The fraction of sp³-hybridized carbons (Fsp3) is 1.00. The molecular weight excluding hydrogens is 280 g/mol. The van der Waals surface area contributed by atoms with Crippen molar-refractivity contribution >= 4 is 24.2 Å². The largest absolute Gasteiger partial charge is 0.381 e. The maximum atomic E-state index is 5.54. The Hall–Kier alpha value is 0.520. The summed E-state index contributed by atoms with van der Waals surface area (Å²) < 4.78 is 6.07. The molecule has 3 fully saturated rings. The highest BCUT2D eigenvalue weighted by Crippen LogP contribution is 2.39. The first kappa shape index (κ1) is 15.9. The summed E-state index contributed by atoms with van der Waals surface area (Å²) >= 11 is 2.21. The number of nitrogens with zero attached hydrogens (tertiary/aromatic N) is 1. The highest BCUT2D eigenvalue weighted by Gasteiger charge is 2.38. The second-order valence-corrected chi connectivity index (χ2v) is 7.65. The number of nitrogens with one attached hydrogen (secondary N) is 1. The molecule has 0 amide bonds. The Balaban J connectivity index is 0.00000133. The molecule has 1 unspecified atom stereocenters. The van der Waals surface area contributed by atoms with Crippen LogP contribution in [0, 0.1) is 5.92 Å². The minimum absolute atomic E-state index is 0. The number of hydrogen-bond donors (Lipinski definition) is 1. The SMILES string of the molecule is C1CNCC(CN2CCSC3(CCOCC3)C2)C1.Cl. The lowest BCUT2D eigenvalue weighted by Crippen LogP contribution is -2.51. The van der Waals surface area contributed by atoms with E-state index in [-0.39, 0.29) is 12.4 Å². The van der Waals surface area contributed by atoms with E-state index >= 15 is 0 Å². The van der Waals surface area contributed by atoms with E-state index in [0.29, 0.717) is 4.75 Å². The molecule has 3 aliphatic heterocycles. The number of halogens is 1. The van der Waals surface area contributed by atoms with Crippen molar-refractivity contribution in [3.05, 3.63) is 0 Å². The minimum atomic E-state index is 0. The molecule has 3 heterocycles. The normalized spacial score (nSPS) is 31.9. The van der Waals surface area contributed by atoms with Crippen molar-refractivity contribution in [1.82, 2.24) is 10.2 Å². The van der Waals surface area contributed by atoms with Gasteiger partial charge in [0.25, 0.3) is 0 Å². The predicted octanol–water partition coefficient (Wildman–Crippen LogP) is 2.01. The van der Waals surface area contributed by atoms with E-state index < -0.39 is 0 Å². The molecule has 0 aromatic carbocycles. The summed E-state index contributed by atoms with van der Waals surface area (Å²) in [5, 5.41) is 3.54. The van der Waals surface area contributed by atoms with Crippen LogP contribution in [-0.4, -0.2) is 61.3 Å². The summed E-state index contributed by atoms with van der Waals surface area (Å²) in [6, 6.07) is 0. The van der Waals surface area contributed by atoms with Crippen molar-refractivity contribution in [2.75, 3.05) is 51.7 Å². The average Bonchev–Trinajstić information content (AvgIpc) is 2.41. The zero-order valence-corrected chi connectivity index (χ0v) is 13.4. The van der Waals surface area contributed by atoms with E-state index in [9.17, 15) is 0 Å². The van der Waals surface area contributed by atoms with E-state index in [1.54, 1.807) is 0 Å². The lowest BCUT2D eigenvalue weighted by atomic mass is 9.95. The van der Waals surface area contributed by atoms with Crippen molar-refractivity contribution in [1.29, 1.82) is 0 Å². The van der Waals surface area contributed by atoms with E-state index in [0.717, 1.165) is 19.1 Å². The smallest absolute Gasteiger partial charge is 0.0479 e. The van der Waals surface area contributed by atoms with Crippen LogP contribution < -0.4 is 5.32 Å². The topological polar surface area (TPSA) is 24.5 Å². The first-order valence-electron chi connectivity index (χ1n) is 7.51. The molecule has 1 spiro atoms. The van der Waals surface area contributed by atoms with Gasteiger partial charge in [0.05, 0.1) is 0 Å². The molecule has 0 radical (unpaired) electrons. The van der Waals surface area contributed by atoms with Gasteiger partial charge >= 0.3 is 0 Å². The van der Waals surface area contributed by atoms with Crippen LogP contribution in [0.25, 0.3) is 0 Å². The zero-order chi connectivity index (χ0) is 12.3. The van der Waals surface area contributed by atoms with E-state index in [1.165, 1.54) is 64.2 Å². The monoisotopic (exact) mass is 306 g/mol. The van der Waals surface area contributed by atoms with Crippen molar-refractivity contribution in [2.45, 2.75) is 30.4 Å². The number of hydrogen-bond acceptors (Lipinski definition) is 4. The van der Waals surface area contributed by atoms with Crippen molar-refractivity contribution < 1.29 is 4.74 Å². The minimum Gasteiger partial charge on any atom is -0.381 e. The second-order valence-electron chi connectivity index (χ2n) is 6.09. The molecule has 3 saturated heterocycles. The second kappa shape index (κ2) is 7.51. The molecule has 5 heteroatoms. The van der Waals surface area contributed by atoms with Crippen LogP contribution in [0.3, 0.4) is 0 Å². The maximum Gasteiger partial charge on any atom is 0.0479 e. The van der Waals surface area contributed by atoms with E-state index in [1.807, 2.05) is 0 Å². The van der Waals surface area contributed by atoms with Crippen LogP contribution in [0.15, 0.2) is 0 Å². The number of ether oxygens (including phenoxy) is 1. The van der Waals surface area contributed by atoms with Crippen molar-refractivity contribution in [2.24, 2.45) is 5.92 Å². The zero-order valence-electron chi connectivity index (χ0n) is 11.7. The molecular formula is C14H27ClN2OS. The fourth-order valence-electron chi connectivity index (χ4n) is 3.57. The van der Waals surface area contributed by atoms with Crippen LogP contribution in [-0.2, 0) is 4.74 Å². The van der Waals surface area contributed by atoms with Crippen molar-refractivity contribution in [3.63, 3.8) is 0 Å². The van der Waals surface area contributed by atoms with Gasteiger partial charge in [-0.1, -0.05) is 0 Å². The molecule has 3 nitrogen and oxygen atoms in total. The maximum absolute atomic E-state index is 5.54. The number of rotatable bonds is 2. The van der Waals surface area contributed by atoms with Gasteiger partial charge < -0.3 is 15.0 Å². The van der Waals surface area contributed by atoms with Gasteiger partial charge in [0.15, 0.2) is 0 Å². The first-order valence-corrected chi connectivity index (χ1v) is 8.50. The molecule has 0 aliphatic carbocycles. The van der Waals surface area contributed by atoms with Gasteiger partial charge in [-0.15, -0.1) is 12.4 Å². The molecule has 0 aromatic heterocycles. The molecule has 1 N–H and O–H groups in total. The molecule has 0 saturated carbocycles. The van der Waals surface area contributed by atoms with Gasteiger partial charge in [-0.3, -0.25) is 0 Å². The number of thioether (sulfide) groups is 1. The highest BCUT2D eigenvalue weighted by molar-refractivity contribution is 8.00. The van der Waals surface area contributed by atoms with Crippen LogP contribution >= 0.6 is 24.2 Å². The molecule has 112 valence electrons. The molecule has 19 heavy (non-hydrogen) atoms. The Morgan fingerprint density at radius 3 is 2.89 bits per heavy atom. The summed E-state index contributed by atoms with van der Waals surface area (Å²) in [6.45, 7) is 8.34. The van der Waals surface area contributed by atoms with Gasteiger partial charge in [-0.2, -0.15) is 11.8 Å². The van der Waals surface area contributed by atoms with Gasteiger partial charge in [-0.25, -0.2) is 0 Å². The van der Waals surface area contributed by atoms with E-state index in [2.05, 4.69) is 22.0 Å². The predicted molar refractivity (Wildman–Crippen MR) is 84.5 cm³/mol. The molecule has 1 atom stereocenters. The van der Waals surface area contributed by atoms with Gasteiger partial charge in [0.1, 0.15) is 0 Å². The Morgan fingerprint density at radius 2 is 2.16 bits per heavy atom. The van der Waals surface area contributed by atoms with Gasteiger partial charge in [0.2, 0.25) is 0 Å². The summed E-state index contributed by atoms with van der Waals surface area (Å²) in [4.78, 5) is 2.74. The van der Waals surface area contributed by atoms with Gasteiger partial charge in [0, 0.05) is 43.3 Å². The summed E-state index contributed by atoms with van der Waals surface area (Å²) in [6.07, 6.45) is 5.31. The van der Waals surface area contributed by atoms with Crippen molar-refractivity contribution in [3.8, 4) is 0 Å². The number of piperidine rings is 1. The lowest BCUT2D eigenvalue weighted by molar-refractivity contribution is 0.0605. The summed E-state index contributed by atoms with van der Waals surface area (Å²) in [5.74, 6) is 2.21. The molecule has 3 rings (SSSR count). The average molecular weight is 307 g/mol. The lowest BCUT2D eigenvalue weighted by Gasteiger charge is -2.45. The fourth-order valence-corrected chi connectivity index (χ4v) is 5.08. The first-order chi connectivity index (χ1) is 8.86. The molecule has 0 aromatic rings. The highest BCUT2D eigenvalue weighted by atomic mass is 35.5. The molecule has 0 bridgehead atoms. The molecule has 3 aliphatic rings. The Kier molecular flexibility index (Phi) is 6.28.